The summed E-state index contributed by atoms with van der Waals surface area (Å²) in [6.07, 6.45) is 1.36. The summed E-state index contributed by atoms with van der Waals surface area (Å²) in [7, 11) is 0. The van der Waals surface area contributed by atoms with Gasteiger partial charge in [-0.05, 0) is 0 Å². The minimum Gasteiger partial charge on any atom is -1.00 e. The van der Waals surface area contributed by atoms with Crippen LogP contribution in [0.1, 0.15) is 1.43 Å². The molecule has 4 nitrogen and oxygen atoms in total. The van der Waals surface area contributed by atoms with E-state index in [1.165, 1.54) is 6.33 Å². The predicted octanol–water partition coefficient (Wildman–Crippen LogP) is -3.50. The minimum absolute atomic E-state index is 0. The number of rotatable bonds is 0. The van der Waals surface area contributed by atoms with Gasteiger partial charge in [0.2, 0.25) is 5.95 Å². The summed E-state index contributed by atoms with van der Waals surface area (Å²) >= 11 is 0. The molecule has 5 heteroatoms. The van der Waals surface area contributed by atoms with Gasteiger partial charge in [-0.3, -0.25) is 0 Å². The molecule has 0 spiro atoms. The Kier molecular flexibility index (Phi) is 2.98. The molecule has 34 valence electrons. The average Bonchev–Trinajstić information content (AvgIpc) is 1.86. The molecule has 7 heavy (non-hydrogen) atoms. The monoisotopic (exact) mass is 108 g/mol. The fourth-order valence-corrected chi connectivity index (χ4v) is 0.215. The van der Waals surface area contributed by atoms with Crippen molar-refractivity contribution in [1.29, 1.82) is 0 Å². The van der Waals surface area contributed by atoms with Gasteiger partial charge >= 0.3 is 29.6 Å². The molecule has 0 amide bonds. The molecule has 1 heterocycles. The first-order valence-electron chi connectivity index (χ1n) is 1.50. The molecule has 0 aliphatic heterocycles. The summed E-state index contributed by atoms with van der Waals surface area (Å²) in [5.74, 6) is 0.356. The topological polar surface area (TPSA) is 67.6 Å². The third-order valence-corrected chi connectivity index (χ3v) is 0.434. The molecule has 0 aliphatic carbocycles. The number of anilines is 1. The summed E-state index contributed by atoms with van der Waals surface area (Å²) in [6.45, 7) is 0. The molecule has 1 rings (SSSR count). The summed E-state index contributed by atoms with van der Waals surface area (Å²) in [4.78, 5) is 3.53. The van der Waals surface area contributed by atoms with E-state index in [-0.39, 0.29) is 31.0 Å². The molecule has 0 unspecified atom stereocenters. The Hall–Kier alpha value is -0.0600. The van der Waals surface area contributed by atoms with Gasteiger partial charge in [0.05, 0.1) is 0 Å². The van der Waals surface area contributed by atoms with Gasteiger partial charge in [-0.25, -0.2) is 10.1 Å². The van der Waals surface area contributed by atoms with Gasteiger partial charge in [-0.2, -0.15) is 5.10 Å². The van der Waals surface area contributed by atoms with E-state index in [0.717, 1.165) is 0 Å². The molecule has 0 saturated carbocycles. The Morgan fingerprint density at radius 2 is 2.57 bits per heavy atom. The Morgan fingerprint density at radius 3 is 2.71 bits per heavy atom. The fourth-order valence-electron chi connectivity index (χ4n) is 0.215. The maximum Gasteiger partial charge on any atom is 1.00 e. The van der Waals surface area contributed by atoms with Crippen molar-refractivity contribution in [2.24, 2.45) is 0 Å². The molecule has 3 N–H and O–H groups in total. The van der Waals surface area contributed by atoms with Crippen molar-refractivity contribution in [2.75, 3.05) is 5.73 Å². The number of aromatic nitrogens is 3. The molecule has 0 saturated heterocycles. The molecular formula is C2H5N4Na. The van der Waals surface area contributed by atoms with Gasteiger partial charge in [-0.15, -0.1) is 0 Å². The van der Waals surface area contributed by atoms with E-state index in [0.29, 0.717) is 5.95 Å². The van der Waals surface area contributed by atoms with Crippen molar-refractivity contribution in [1.82, 2.24) is 15.2 Å². The fraction of sp³-hybridized carbons (Fsp3) is 0. The van der Waals surface area contributed by atoms with E-state index in [2.05, 4.69) is 15.2 Å². The zero-order chi connectivity index (χ0) is 4.41. The van der Waals surface area contributed by atoms with Crippen LogP contribution in [0.3, 0.4) is 0 Å². The quantitative estimate of drug-likeness (QED) is 0.339. The molecule has 0 atom stereocenters. The molecule has 1 aromatic rings. The largest absolute Gasteiger partial charge is 1.00 e. The first-order valence-corrected chi connectivity index (χ1v) is 1.50. The van der Waals surface area contributed by atoms with E-state index >= 15 is 0 Å². The standard InChI is InChI=1S/C2H4N4.Na.H/c3-2-4-1-5-6-2;;/h1H,(H3,3,4,5,6);;/q;+1;-1. The SMILES string of the molecule is Nc1ncn[nH]1.[H-].[Na+]. The minimum atomic E-state index is 0. The van der Waals surface area contributed by atoms with Crippen LogP contribution in [0.2, 0.25) is 0 Å². The molecule has 0 aliphatic rings. The van der Waals surface area contributed by atoms with Crippen molar-refractivity contribution < 1.29 is 31.0 Å². The smallest absolute Gasteiger partial charge is 1.00 e. The van der Waals surface area contributed by atoms with Gasteiger partial charge in [0.25, 0.3) is 0 Å². The molecule has 1 aromatic heterocycles. The molecular weight excluding hydrogens is 103 g/mol. The zero-order valence-corrected chi connectivity index (χ0v) is 6.05. The van der Waals surface area contributed by atoms with E-state index in [1.54, 1.807) is 0 Å². The second-order valence-corrected chi connectivity index (χ2v) is 0.871. The van der Waals surface area contributed by atoms with Crippen LogP contribution in [0.5, 0.6) is 0 Å². The first kappa shape index (κ1) is 6.94. The van der Waals surface area contributed by atoms with Crippen molar-refractivity contribution in [3.05, 3.63) is 6.33 Å². The van der Waals surface area contributed by atoms with Gasteiger partial charge < -0.3 is 7.16 Å². The summed E-state index contributed by atoms with van der Waals surface area (Å²) in [6, 6.07) is 0. The van der Waals surface area contributed by atoms with Crippen LogP contribution < -0.4 is 35.3 Å². The Balaban J connectivity index is 0. The molecule has 0 fully saturated rings. The zero-order valence-electron chi connectivity index (χ0n) is 5.05. The van der Waals surface area contributed by atoms with Crippen LogP contribution in [0.25, 0.3) is 0 Å². The maximum atomic E-state index is 5.05. The number of hydrogen-bond acceptors (Lipinski definition) is 3. The van der Waals surface area contributed by atoms with E-state index in [9.17, 15) is 0 Å². The van der Waals surface area contributed by atoms with Crippen molar-refractivity contribution in [2.45, 2.75) is 0 Å². The Bertz CT molecular complexity index is 118. The van der Waals surface area contributed by atoms with Crippen molar-refractivity contribution >= 4 is 5.95 Å². The van der Waals surface area contributed by atoms with Gasteiger partial charge in [0.15, 0.2) is 0 Å². The van der Waals surface area contributed by atoms with Crippen LogP contribution in [0, 0.1) is 0 Å². The van der Waals surface area contributed by atoms with Gasteiger partial charge in [0.1, 0.15) is 6.33 Å². The number of nitrogens with one attached hydrogen (secondary N) is 1. The first-order chi connectivity index (χ1) is 2.89. The molecule has 0 aromatic carbocycles. The summed E-state index contributed by atoms with van der Waals surface area (Å²) in [5, 5.41) is 5.88. The normalized spacial score (nSPS) is 7.43. The maximum absolute atomic E-state index is 5.05. The molecule has 0 radical (unpaired) electrons. The predicted molar refractivity (Wildman–Crippen MR) is 21.9 cm³/mol. The number of nitrogens with zero attached hydrogens (tertiary/aromatic N) is 2. The van der Waals surface area contributed by atoms with E-state index < -0.39 is 0 Å². The second kappa shape index (κ2) is 3.01. The summed E-state index contributed by atoms with van der Waals surface area (Å²) < 4.78 is 0. The van der Waals surface area contributed by atoms with Crippen LogP contribution in [-0.4, -0.2) is 15.2 Å². The Labute approximate surface area is 64.3 Å². The van der Waals surface area contributed by atoms with Crippen LogP contribution >= 0.6 is 0 Å². The van der Waals surface area contributed by atoms with Crippen LogP contribution in [0.4, 0.5) is 5.95 Å². The summed E-state index contributed by atoms with van der Waals surface area (Å²) in [5.41, 5.74) is 5.05. The van der Waals surface area contributed by atoms with E-state index in [4.69, 9.17) is 5.73 Å². The van der Waals surface area contributed by atoms with Gasteiger partial charge in [-0.1, -0.05) is 0 Å². The number of nitrogens with two attached hydrogens (primary N) is 1. The third kappa shape index (κ3) is 1.91. The Morgan fingerprint density at radius 1 is 1.86 bits per heavy atom. The van der Waals surface area contributed by atoms with Crippen molar-refractivity contribution in [3.8, 4) is 0 Å². The van der Waals surface area contributed by atoms with E-state index in [1.807, 2.05) is 0 Å². The average molecular weight is 108 g/mol. The number of aromatic amines is 1. The van der Waals surface area contributed by atoms with Crippen molar-refractivity contribution in [3.63, 3.8) is 0 Å². The van der Waals surface area contributed by atoms with Crippen LogP contribution in [-0.2, 0) is 0 Å². The number of H-pyrrole nitrogens is 1. The number of hydrogen-bond donors (Lipinski definition) is 2. The van der Waals surface area contributed by atoms with Crippen LogP contribution in [0.15, 0.2) is 6.33 Å². The second-order valence-electron chi connectivity index (χ2n) is 0.871. The third-order valence-electron chi connectivity index (χ3n) is 0.434. The number of nitrogen functional groups attached to an aromatic ring is 1. The van der Waals surface area contributed by atoms with Gasteiger partial charge in [0, 0.05) is 0 Å². The molecule has 0 bridgehead atoms.